The number of hydrogen-bond donors (Lipinski definition) is 1. The van der Waals surface area contributed by atoms with E-state index in [9.17, 15) is 4.79 Å². The molecule has 1 N–H and O–H groups in total. The number of carboxylic acid groups (broad SMARTS) is 1. The van der Waals surface area contributed by atoms with Gasteiger partial charge in [-0.2, -0.15) is 0 Å². The van der Waals surface area contributed by atoms with Crippen LogP contribution in [0.1, 0.15) is 31.2 Å². The largest absolute Gasteiger partial charge is 0.481 e. The third kappa shape index (κ3) is 1.52. The summed E-state index contributed by atoms with van der Waals surface area (Å²) < 4.78 is 0. The van der Waals surface area contributed by atoms with Gasteiger partial charge in [-0.1, -0.05) is 19.9 Å². The highest BCUT2D eigenvalue weighted by Crippen LogP contribution is 2.63. The smallest absolute Gasteiger partial charge is 0.307 e. The van der Waals surface area contributed by atoms with E-state index in [0.29, 0.717) is 0 Å². The van der Waals surface area contributed by atoms with Gasteiger partial charge in [-0.05, 0) is 24.5 Å². The van der Waals surface area contributed by atoms with Crippen molar-refractivity contribution in [2.24, 2.45) is 11.3 Å². The van der Waals surface area contributed by atoms with Gasteiger partial charge in [-0.15, -0.1) is 0 Å². The second-order valence-electron chi connectivity index (χ2n) is 4.82. The van der Waals surface area contributed by atoms with Crippen LogP contribution < -0.4 is 0 Å². The third-order valence-corrected chi connectivity index (χ3v) is 3.32. The van der Waals surface area contributed by atoms with Crippen molar-refractivity contribution in [2.75, 3.05) is 0 Å². The molecule has 1 aromatic heterocycles. The van der Waals surface area contributed by atoms with Crippen LogP contribution in [0.3, 0.4) is 0 Å². The van der Waals surface area contributed by atoms with Crippen molar-refractivity contribution in [3.8, 4) is 0 Å². The topological polar surface area (TPSA) is 50.2 Å². The highest BCUT2D eigenvalue weighted by molar-refractivity contribution is 5.77. The molecular weight excluding hydrogens is 190 g/mol. The summed E-state index contributed by atoms with van der Waals surface area (Å²) in [6, 6.07) is 5.78. The molecule has 2 rings (SSSR count). The number of pyridine rings is 1. The number of hydrogen-bond acceptors (Lipinski definition) is 2. The summed E-state index contributed by atoms with van der Waals surface area (Å²) >= 11 is 0. The van der Waals surface area contributed by atoms with Gasteiger partial charge < -0.3 is 5.11 Å². The van der Waals surface area contributed by atoms with Gasteiger partial charge >= 0.3 is 5.97 Å². The minimum Gasteiger partial charge on any atom is -0.481 e. The van der Waals surface area contributed by atoms with Crippen LogP contribution in [0, 0.1) is 18.3 Å². The van der Waals surface area contributed by atoms with Crippen LogP contribution in [-0.2, 0) is 4.79 Å². The molecule has 15 heavy (non-hydrogen) atoms. The number of nitrogens with zero attached hydrogens (tertiary/aromatic N) is 1. The molecule has 1 heterocycles. The van der Waals surface area contributed by atoms with Crippen LogP contribution >= 0.6 is 0 Å². The fourth-order valence-corrected chi connectivity index (χ4v) is 2.39. The van der Waals surface area contributed by atoms with Crippen molar-refractivity contribution in [3.05, 3.63) is 29.6 Å². The molecule has 0 amide bonds. The minimum absolute atomic E-state index is 0.0647. The Morgan fingerprint density at radius 1 is 1.47 bits per heavy atom. The predicted octanol–water partition coefficient (Wildman–Crippen LogP) is 2.21. The fourth-order valence-electron chi connectivity index (χ4n) is 2.39. The highest BCUT2D eigenvalue weighted by atomic mass is 16.4. The minimum atomic E-state index is -0.715. The molecule has 1 fully saturated rings. The molecule has 1 aliphatic carbocycles. The van der Waals surface area contributed by atoms with Crippen LogP contribution in [0.5, 0.6) is 0 Å². The van der Waals surface area contributed by atoms with E-state index in [-0.39, 0.29) is 17.3 Å². The van der Waals surface area contributed by atoms with Crippen molar-refractivity contribution in [1.82, 2.24) is 4.98 Å². The Hall–Kier alpha value is -1.38. The zero-order valence-corrected chi connectivity index (χ0v) is 9.19. The first-order chi connectivity index (χ1) is 6.94. The predicted molar refractivity (Wildman–Crippen MR) is 56.6 cm³/mol. The molecule has 1 aromatic rings. The van der Waals surface area contributed by atoms with E-state index in [1.807, 2.05) is 39.0 Å². The van der Waals surface area contributed by atoms with Crippen LogP contribution in [0.2, 0.25) is 0 Å². The van der Waals surface area contributed by atoms with Crippen molar-refractivity contribution in [1.29, 1.82) is 0 Å². The molecular formula is C12H15NO2. The van der Waals surface area contributed by atoms with Gasteiger partial charge in [0.1, 0.15) is 0 Å². The molecule has 0 spiro atoms. The molecule has 1 aliphatic rings. The van der Waals surface area contributed by atoms with Crippen molar-refractivity contribution < 1.29 is 9.90 Å². The number of carboxylic acids is 1. The van der Waals surface area contributed by atoms with Gasteiger partial charge in [0.2, 0.25) is 0 Å². The van der Waals surface area contributed by atoms with Gasteiger partial charge in [-0.3, -0.25) is 9.78 Å². The zero-order chi connectivity index (χ0) is 11.2. The van der Waals surface area contributed by atoms with E-state index in [1.54, 1.807) is 0 Å². The Bertz CT molecular complexity index is 412. The Balaban J connectivity index is 2.31. The van der Waals surface area contributed by atoms with Gasteiger partial charge in [0.15, 0.2) is 0 Å². The van der Waals surface area contributed by atoms with Gasteiger partial charge in [0.25, 0.3) is 0 Å². The summed E-state index contributed by atoms with van der Waals surface area (Å²) in [6.45, 7) is 5.90. The lowest BCUT2D eigenvalue weighted by Crippen LogP contribution is -2.03. The monoisotopic (exact) mass is 205 g/mol. The molecule has 2 atom stereocenters. The van der Waals surface area contributed by atoms with E-state index in [0.717, 1.165) is 11.4 Å². The summed E-state index contributed by atoms with van der Waals surface area (Å²) in [5, 5.41) is 9.06. The summed E-state index contributed by atoms with van der Waals surface area (Å²) in [6.07, 6.45) is 0. The first-order valence-electron chi connectivity index (χ1n) is 5.11. The average Bonchev–Trinajstić information content (AvgIpc) is 2.69. The van der Waals surface area contributed by atoms with Crippen molar-refractivity contribution >= 4 is 5.97 Å². The van der Waals surface area contributed by atoms with Crippen LogP contribution in [-0.4, -0.2) is 16.1 Å². The molecule has 0 radical (unpaired) electrons. The lowest BCUT2D eigenvalue weighted by molar-refractivity contribution is -0.139. The van der Waals surface area contributed by atoms with E-state index in [4.69, 9.17) is 5.11 Å². The normalized spacial score (nSPS) is 27.4. The van der Waals surface area contributed by atoms with E-state index < -0.39 is 5.97 Å². The lowest BCUT2D eigenvalue weighted by Gasteiger charge is -2.02. The molecule has 0 saturated heterocycles. The van der Waals surface area contributed by atoms with Crippen LogP contribution in [0.15, 0.2) is 18.2 Å². The first kappa shape index (κ1) is 10.1. The van der Waals surface area contributed by atoms with Crippen LogP contribution in [0.25, 0.3) is 0 Å². The number of carbonyl (C=O) groups is 1. The number of aromatic nitrogens is 1. The average molecular weight is 205 g/mol. The number of aryl methyl sites for hydroxylation is 1. The Morgan fingerprint density at radius 3 is 2.60 bits per heavy atom. The number of aliphatic carboxylic acids is 1. The van der Waals surface area contributed by atoms with Crippen molar-refractivity contribution in [2.45, 2.75) is 26.7 Å². The Morgan fingerprint density at radius 2 is 2.13 bits per heavy atom. The highest BCUT2D eigenvalue weighted by Gasteiger charge is 2.63. The maximum absolute atomic E-state index is 11.0. The van der Waals surface area contributed by atoms with E-state index in [2.05, 4.69) is 4.98 Å². The lowest BCUT2D eigenvalue weighted by atomic mass is 10.1. The quantitative estimate of drug-likeness (QED) is 0.805. The third-order valence-electron chi connectivity index (χ3n) is 3.32. The fraction of sp³-hybridized carbons (Fsp3) is 0.500. The molecule has 0 unspecified atom stereocenters. The zero-order valence-electron chi connectivity index (χ0n) is 9.19. The summed E-state index contributed by atoms with van der Waals surface area (Å²) in [4.78, 5) is 15.4. The SMILES string of the molecule is Cc1cccc([C@@H]2[C@@H](C(=O)O)C2(C)C)n1. The summed E-state index contributed by atoms with van der Waals surface area (Å²) in [5.41, 5.74) is 1.69. The molecule has 0 aliphatic heterocycles. The standard InChI is InChI=1S/C12H15NO2/c1-7-5-4-6-8(13-7)9-10(11(14)15)12(9,2)3/h4-6,9-10H,1-3H3,(H,14,15)/t9-,10+/m1/s1. The molecule has 0 aromatic carbocycles. The first-order valence-corrected chi connectivity index (χ1v) is 5.11. The summed E-state index contributed by atoms with van der Waals surface area (Å²) in [7, 11) is 0. The van der Waals surface area contributed by atoms with Crippen LogP contribution in [0.4, 0.5) is 0 Å². The van der Waals surface area contributed by atoms with Gasteiger partial charge in [0.05, 0.1) is 5.92 Å². The van der Waals surface area contributed by atoms with E-state index >= 15 is 0 Å². The van der Waals surface area contributed by atoms with E-state index in [1.165, 1.54) is 0 Å². The molecule has 0 bridgehead atoms. The summed E-state index contributed by atoms with van der Waals surface area (Å²) in [5.74, 6) is -0.935. The molecule has 1 saturated carbocycles. The number of rotatable bonds is 2. The second-order valence-corrected chi connectivity index (χ2v) is 4.82. The Kier molecular flexibility index (Phi) is 2.07. The molecule has 3 heteroatoms. The Labute approximate surface area is 89.2 Å². The van der Waals surface area contributed by atoms with Gasteiger partial charge in [-0.25, -0.2) is 0 Å². The maximum atomic E-state index is 11.0. The molecule has 80 valence electrons. The van der Waals surface area contributed by atoms with Gasteiger partial charge in [0, 0.05) is 17.3 Å². The van der Waals surface area contributed by atoms with Crippen molar-refractivity contribution in [3.63, 3.8) is 0 Å². The maximum Gasteiger partial charge on any atom is 0.307 e. The second kappa shape index (κ2) is 3.05. The molecule has 3 nitrogen and oxygen atoms in total.